The molecule has 1 aliphatic carbocycles. The van der Waals surface area contributed by atoms with E-state index in [-0.39, 0.29) is 35.6 Å². The Bertz CT molecular complexity index is 844. The van der Waals surface area contributed by atoms with Gasteiger partial charge >= 0.3 is 5.97 Å². The molecule has 8 heteroatoms. The Kier molecular flexibility index (Phi) is 6.29. The lowest BCUT2D eigenvalue weighted by Crippen LogP contribution is -2.38. The largest absolute Gasteiger partial charge is 0.463 e. The highest BCUT2D eigenvalue weighted by atomic mass is 32.2. The fourth-order valence-corrected chi connectivity index (χ4v) is 4.68. The normalized spacial score (nSPS) is 20.7. The molecule has 0 heterocycles. The van der Waals surface area contributed by atoms with Gasteiger partial charge < -0.3 is 4.74 Å². The van der Waals surface area contributed by atoms with E-state index in [1.165, 1.54) is 0 Å². The summed E-state index contributed by atoms with van der Waals surface area (Å²) in [6, 6.07) is 2.56. The zero-order valence-electron chi connectivity index (χ0n) is 15.9. The number of esters is 1. The first kappa shape index (κ1) is 21.3. The van der Waals surface area contributed by atoms with Gasteiger partial charge in [-0.15, -0.1) is 0 Å². The summed E-state index contributed by atoms with van der Waals surface area (Å²) in [4.78, 5) is 12.4. The Morgan fingerprint density at radius 2 is 1.93 bits per heavy atom. The van der Waals surface area contributed by atoms with Crippen molar-refractivity contribution in [1.82, 2.24) is 0 Å². The number of nitrogens with one attached hydrogen (secondary N) is 1. The Morgan fingerprint density at radius 1 is 1.26 bits per heavy atom. The van der Waals surface area contributed by atoms with Crippen LogP contribution in [0.5, 0.6) is 0 Å². The molecule has 1 N–H and O–H groups in total. The average molecular weight is 401 g/mol. The molecule has 0 bridgehead atoms. The molecule has 150 valence electrons. The molecule has 0 amide bonds. The van der Waals surface area contributed by atoms with Gasteiger partial charge in [0.05, 0.1) is 17.9 Å². The van der Waals surface area contributed by atoms with E-state index < -0.39 is 32.9 Å². The molecule has 0 spiro atoms. The summed E-state index contributed by atoms with van der Waals surface area (Å²) in [5.74, 6) is -2.52. The van der Waals surface area contributed by atoms with Gasteiger partial charge in [0.1, 0.15) is 16.9 Å². The van der Waals surface area contributed by atoms with Crippen molar-refractivity contribution in [3.63, 3.8) is 0 Å². The van der Waals surface area contributed by atoms with Crippen LogP contribution in [0.25, 0.3) is 0 Å². The van der Waals surface area contributed by atoms with Crippen LogP contribution in [0.2, 0.25) is 0 Å². The Morgan fingerprint density at radius 3 is 2.48 bits per heavy atom. The zero-order valence-corrected chi connectivity index (χ0v) is 16.7. The van der Waals surface area contributed by atoms with E-state index in [4.69, 9.17) is 4.74 Å². The molecule has 5 nitrogen and oxygen atoms in total. The molecular weight excluding hydrogens is 376 g/mol. The predicted molar refractivity (Wildman–Crippen MR) is 99.6 cm³/mol. The SMILES string of the molecule is CCOC(=O)C1=CC(C(C)(C)C)CCC1S(=O)(=O)Nc1ccc(F)cc1F. The molecule has 1 aliphatic rings. The van der Waals surface area contributed by atoms with E-state index in [1.54, 1.807) is 13.0 Å². The highest BCUT2D eigenvalue weighted by molar-refractivity contribution is 7.93. The van der Waals surface area contributed by atoms with Gasteiger partial charge in [0.2, 0.25) is 10.0 Å². The number of carbonyl (C=O) groups is 1. The summed E-state index contributed by atoms with van der Waals surface area (Å²) >= 11 is 0. The Hall–Kier alpha value is -1.96. The van der Waals surface area contributed by atoms with Crippen molar-refractivity contribution in [1.29, 1.82) is 0 Å². The minimum Gasteiger partial charge on any atom is -0.463 e. The van der Waals surface area contributed by atoms with Crippen LogP contribution < -0.4 is 4.72 Å². The summed E-state index contributed by atoms with van der Waals surface area (Å²) in [7, 11) is -4.13. The maximum atomic E-state index is 13.9. The quantitative estimate of drug-likeness (QED) is 0.757. The summed E-state index contributed by atoms with van der Waals surface area (Å²) in [5, 5.41) is -1.17. The fourth-order valence-electron chi connectivity index (χ4n) is 3.11. The van der Waals surface area contributed by atoms with Crippen LogP contribution in [0, 0.1) is 23.0 Å². The summed E-state index contributed by atoms with van der Waals surface area (Å²) < 4.78 is 59.8. The van der Waals surface area contributed by atoms with Crippen LogP contribution in [0.1, 0.15) is 40.5 Å². The highest BCUT2D eigenvalue weighted by Crippen LogP contribution is 2.39. The highest BCUT2D eigenvalue weighted by Gasteiger charge is 2.40. The smallest absolute Gasteiger partial charge is 0.335 e. The minimum absolute atomic E-state index is 0.00548. The summed E-state index contributed by atoms with van der Waals surface area (Å²) in [5.41, 5.74) is -0.459. The van der Waals surface area contributed by atoms with Crippen LogP contribution >= 0.6 is 0 Å². The molecule has 0 aliphatic heterocycles. The fraction of sp³-hybridized carbons (Fsp3) is 0.526. The van der Waals surface area contributed by atoms with Crippen molar-refractivity contribution in [2.75, 3.05) is 11.3 Å². The van der Waals surface area contributed by atoms with Gasteiger partial charge in [-0.1, -0.05) is 26.8 Å². The Balaban J connectivity index is 2.39. The molecule has 1 aromatic carbocycles. The molecule has 0 fully saturated rings. The molecule has 2 rings (SSSR count). The van der Waals surface area contributed by atoms with Gasteiger partial charge in [-0.05, 0) is 43.2 Å². The maximum absolute atomic E-state index is 13.9. The van der Waals surface area contributed by atoms with E-state index in [0.717, 1.165) is 12.1 Å². The molecule has 2 unspecified atom stereocenters. The van der Waals surface area contributed by atoms with Crippen molar-refractivity contribution >= 4 is 21.7 Å². The number of allylic oxidation sites excluding steroid dienone is 1. The first-order valence-electron chi connectivity index (χ1n) is 8.81. The molecule has 27 heavy (non-hydrogen) atoms. The first-order chi connectivity index (χ1) is 12.5. The number of hydrogen-bond acceptors (Lipinski definition) is 4. The lowest BCUT2D eigenvalue weighted by molar-refractivity contribution is -0.138. The van der Waals surface area contributed by atoms with Crippen LogP contribution in [0.4, 0.5) is 14.5 Å². The maximum Gasteiger partial charge on any atom is 0.335 e. The monoisotopic (exact) mass is 401 g/mol. The zero-order chi connectivity index (χ0) is 20.4. The van der Waals surface area contributed by atoms with Crippen LogP contribution in [-0.2, 0) is 19.6 Å². The van der Waals surface area contributed by atoms with Gasteiger partial charge in [-0.3, -0.25) is 4.72 Å². The van der Waals surface area contributed by atoms with Crippen molar-refractivity contribution in [2.45, 2.75) is 45.8 Å². The van der Waals surface area contributed by atoms with Crippen molar-refractivity contribution in [2.24, 2.45) is 11.3 Å². The molecule has 0 saturated heterocycles. The Labute approximate surface area is 158 Å². The number of benzene rings is 1. The van der Waals surface area contributed by atoms with Crippen molar-refractivity contribution < 1.29 is 26.7 Å². The van der Waals surface area contributed by atoms with E-state index >= 15 is 0 Å². The molecule has 0 radical (unpaired) electrons. The second kappa shape index (κ2) is 7.96. The van der Waals surface area contributed by atoms with E-state index in [0.29, 0.717) is 12.5 Å². The topological polar surface area (TPSA) is 72.5 Å². The second-order valence-electron chi connectivity index (χ2n) is 7.65. The third-order valence-electron chi connectivity index (χ3n) is 4.65. The number of anilines is 1. The van der Waals surface area contributed by atoms with Gasteiger partial charge in [0.25, 0.3) is 0 Å². The number of halogens is 2. The van der Waals surface area contributed by atoms with Gasteiger partial charge in [-0.25, -0.2) is 22.0 Å². The van der Waals surface area contributed by atoms with Gasteiger partial charge in [0.15, 0.2) is 0 Å². The lowest BCUT2D eigenvalue weighted by atomic mass is 9.74. The number of rotatable bonds is 5. The molecule has 0 saturated carbocycles. The predicted octanol–water partition coefficient (Wildman–Crippen LogP) is 4.02. The van der Waals surface area contributed by atoms with Crippen molar-refractivity contribution in [3.05, 3.63) is 41.5 Å². The molecular formula is C19H25F2NO4S. The molecule has 1 aromatic rings. The van der Waals surface area contributed by atoms with E-state index in [9.17, 15) is 22.0 Å². The van der Waals surface area contributed by atoms with Gasteiger partial charge in [0, 0.05) is 6.07 Å². The van der Waals surface area contributed by atoms with E-state index in [1.807, 2.05) is 20.8 Å². The first-order valence-corrected chi connectivity index (χ1v) is 10.4. The minimum atomic E-state index is -4.13. The summed E-state index contributed by atoms with van der Waals surface area (Å²) in [6.07, 6.45) is 2.42. The standard InChI is InChI=1S/C19H25F2NO4S/c1-5-26-18(23)14-10-12(19(2,3)4)6-9-17(14)27(24,25)22-16-8-7-13(20)11-15(16)21/h7-8,10-12,17,22H,5-6,9H2,1-4H3. The third kappa shape index (κ3) is 5.06. The number of hydrogen-bond donors (Lipinski definition) is 1. The third-order valence-corrected chi connectivity index (χ3v) is 6.39. The van der Waals surface area contributed by atoms with Crippen LogP contribution in [-0.4, -0.2) is 26.2 Å². The van der Waals surface area contributed by atoms with Crippen LogP contribution in [0.3, 0.4) is 0 Å². The number of carbonyl (C=O) groups excluding carboxylic acids is 1. The molecule has 2 atom stereocenters. The average Bonchev–Trinajstić information content (AvgIpc) is 2.56. The lowest BCUT2D eigenvalue weighted by Gasteiger charge is -2.35. The van der Waals surface area contributed by atoms with Crippen LogP contribution in [0.15, 0.2) is 29.8 Å². The van der Waals surface area contributed by atoms with E-state index in [2.05, 4.69) is 4.72 Å². The van der Waals surface area contributed by atoms with Gasteiger partial charge in [-0.2, -0.15) is 0 Å². The number of sulfonamides is 1. The number of ether oxygens (including phenoxy) is 1. The molecule has 0 aromatic heterocycles. The van der Waals surface area contributed by atoms with Crippen molar-refractivity contribution in [3.8, 4) is 0 Å². The summed E-state index contributed by atoms with van der Waals surface area (Å²) in [6.45, 7) is 7.79. The second-order valence-corrected chi connectivity index (χ2v) is 9.52.